The number of aromatic nitrogens is 2. The van der Waals surface area contributed by atoms with Crippen LogP contribution >= 0.6 is 0 Å². The third-order valence-corrected chi connectivity index (χ3v) is 9.41. The highest BCUT2D eigenvalue weighted by molar-refractivity contribution is 5.89. The molecule has 2 fully saturated rings. The fourth-order valence-corrected chi connectivity index (χ4v) is 6.81. The third kappa shape index (κ3) is 6.04. The molecule has 2 bridgehead atoms. The molecule has 2 aromatic rings. The van der Waals surface area contributed by atoms with Crippen LogP contribution in [-0.2, 0) is 20.7 Å². The Morgan fingerprint density at radius 2 is 1.76 bits per heavy atom. The molecule has 1 aliphatic carbocycles. The second-order valence-electron chi connectivity index (χ2n) is 13.4. The van der Waals surface area contributed by atoms with E-state index in [2.05, 4.69) is 5.32 Å². The summed E-state index contributed by atoms with van der Waals surface area (Å²) >= 11 is 0. The summed E-state index contributed by atoms with van der Waals surface area (Å²) in [6, 6.07) is 6.18. The highest BCUT2D eigenvalue weighted by atomic mass is 16.6. The van der Waals surface area contributed by atoms with Gasteiger partial charge in [-0.2, -0.15) is 0 Å². The smallest absolute Gasteiger partial charge is 0.408 e. The zero-order chi connectivity index (χ0) is 29.4. The fraction of sp³-hybridized carbons (Fsp3) is 0.656. The summed E-state index contributed by atoms with van der Waals surface area (Å²) in [5, 5.41) is 2.90. The predicted molar refractivity (Wildman–Crippen MR) is 155 cm³/mol. The first-order chi connectivity index (χ1) is 19.5. The van der Waals surface area contributed by atoms with Crippen molar-refractivity contribution in [2.75, 3.05) is 6.54 Å². The van der Waals surface area contributed by atoms with Crippen molar-refractivity contribution in [3.05, 3.63) is 30.0 Å². The second kappa shape index (κ2) is 11.6. The third-order valence-electron chi connectivity index (χ3n) is 9.41. The van der Waals surface area contributed by atoms with Crippen LogP contribution in [0.5, 0.6) is 5.88 Å². The van der Waals surface area contributed by atoms with Crippen LogP contribution in [0.3, 0.4) is 0 Å². The molecular weight excluding hydrogens is 520 g/mol. The van der Waals surface area contributed by atoms with Crippen molar-refractivity contribution in [2.24, 2.45) is 17.3 Å². The molecule has 5 rings (SSSR count). The maximum absolute atomic E-state index is 14.0. The number of rotatable bonds is 1. The van der Waals surface area contributed by atoms with Gasteiger partial charge in [0.05, 0.1) is 23.6 Å². The van der Waals surface area contributed by atoms with E-state index in [0.717, 1.165) is 74.4 Å². The van der Waals surface area contributed by atoms with Crippen molar-refractivity contribution >= 4 is 29.3 Å². The van der Waals surface area contributed by atoms with E-state index in [-0.39, 0.29) is 24.3 Å². The van der Waals surface area contributed by atoms with E-state index in [4.69, 9.17) is 19.4 Å². The minimum Gasteiger partial charge on any atom is -0.471 e. The molecule has 2 aliphatic heterocycles. The molecule has 1 N–H and O–H groups in total. The van der Waals surface area contributed by atoms with Gasteiger partial charge in [-0.3, -0.25) is 4.79 Å². The fourth-order valence-electron chi connectivity index (χ4n) is 6.81. The lowest BCUT2D eigenvalue weighted by Gasteiger charge is -2.37. The summed E-state index contributed by atoms with van der Waals surface area (Å²) in [5.41, 5.74) is 1.19. The maximum atomic E-state index is 14.0. The number of aldehydes is 1. The zero-order valence-electron chi connectivity index (χ0n) is 25.0. The van der Waals surface area contributed by atoms with Gasteiger partial charge in [-0.15, -0.1) is 0 Å². The van der Waals surface area contributed by atoms with Crippen LogP contribution < -0.4 is 10.1 Å². The zero-order valence-corrected chi connectivity index (χ0v) is 25.0. The van der Waals surface area contributed by atoms with Crippen LogP contribution in [0, 0.1) is 17.3 Å². The minimum atomic E-state index is -0.873. The van der Waals surface area contributed by atoms with Gasteiger partial charge in [0.15, 0.2) is 0 Å². The van der Waals surface area contributed by atoms with Crippen molar-refractivity contribution in [3.8, 4) is 5.88 Å². The first-order valence-electron chi connectivity index (χ1n) is 15.2. The summed E-state index contributed by atoms with van der Waals surface area (Å²) in [6.07, 6.45) is 7.31. The molecule has 0 unspecified atom stereocenters. The molecule has 222 valence electrons. The van der Waals surface area contributed by atoms with Gasteiger partial charge in [0.2, 0.25) is 11.8 Å². The van der Waals surface area contributed by atoms with E-state index in [1.165, 1.54) is 0 Å². The molecular formula is C32H44N4O5. The number of fused-ring (bicyclic) bond motifs is 5. The van der Waals surface area contributed by atoms with Crippen molar-refractivity contribution in [1.29, 1.82) is 0 Å². The number of nitrogens with one attached hydrogen (secondary N) is 1. The number of carbonyl (C=O) groups is 3. The molecule has 41 heavy (non-hydrogen) atoms. The van der Waals surface area contributed by atoms with Gasteiger partial charge in [-0.05, 0) is 68.9 Å². The molecule has 1 aromatic carbocycles. The van der Waals surface area contributed by atoms with Crippen LogP contribution in [0.25, 0.3) is 11.0 Å². The van der Waals surface area contributed by atoms with Gasteiger partial charge in [0.25, 0.3) is 0 Å². The highest BCUT2D eigenvalue weighted by Crippen LogP contribution is 2.42. The highest BCUT2D eigenvalue weighted by Gasteiger charge is 2.48. The number of alkyl carbamates (subject to hydrolysis) is 1. The lowest BCUT2D eigenvalue weighted by atomic mass is 9.85. The van der Waals surface area contributed by atoms with Crippen LogP contribution in [0.1, 0.15) is 85.3 Å². The Bertz CT molecular complexity index is 1290. The maximum Gasteiger partial charge on any atom is 0.408 e. The van der Waals surface area contributed by atoms with E-state index < -0.39 is 35.3 Å². The molecule has 1 saturated carbocycles. The topological polar surface area (TPSA) is 111 Å². The average molecular weight is 565 g/mol. The number of carbonyl (C=O) groups excluding carboxylic acids is 3. The van der Waals surface area contributed by atoms with Gasteiger partial charge in [0.1, 0.15) is 29.7 Å². The number of para-hydroxylation sites is 2. The number of hydrogen-bond donors (Lipinski definition) is 1. The van der Waals surface area contributed by atoms with Gasteiger partial charge >= 0.3 is 6.09 Å². The Kier molecular flexibility index (Phi) is 8.26. The number of hydrogen-bond acceptors (Lipinski definition) is 7. The number of amides is 2. The van der Waals surface area contributed by atoms with Crippen molar-refractivity contribution in [3.63, 3.8) is 0 Å². The van der Waals surface area contributed by atoms with Crippen LogP contribution in [0.15, 0.2) is 24.3 Å². The van der Waals surface area contributed by atoms with Gasteiger partial charge < -0.3 is 24.5 Å². The largest absolute Gasteiger partial charge is 0.471 e. The van der Waals surface area contributed by atoms with Gasteiger partial charge in [-0.25, -0.2) is 14.8 Å². The first kappa shape index (κ1) is 29.3. The Labute approximate surface area is 242 Å². The number of ether oxygens (including phenoxy) is 2. The Hall–Kier alpha value is -3.23. The van der Waals surface area contributed by atoms with E-state index in [1.54, 1.807) is 4.90 Å². The van der Waals surface area contributed by atoms with Gasteiger partial charge in [-0.1, -0.05) is 52.7 Å². The molecule has 9 nitrogen and oxygen atoms in total. The summed E-state index contributed by atoms with van der Waals surface area (Å²) in [7, 11) is 0. The Morgan fingerprint density at radius 3 is 2.46 bits per heavy atom. The van der Waals surface area contributed by atoms with E-state index in [0.29, 0.717) is 5.88 Å². The average Bonchev–Trinajstić information content (AvgIpc) is 3.43. The predicted octanol–water partition coefficient (Wildman–Crippen LogP) is 5.24. The summed E-state index contributed by atoms with van der Waals surface area (Å²) < 4.78 is 12.6. The van der Waals surface area contributed by atoms with E-state index in [9.17, 15) is 14.4 Å². The summed E-state index contributed by atoms with van der Waals surface area (Å²) in [4.78, 5) is 51.0. The van der Waals surface area contributed by atoms with E-state index in [1.807, 2.05) is 58.9 Å². The standard InChI is InChI=1S/C32H44N4O5/c1-20-25(19-37)36-18-26(20)40-28-24(33-22-14-9-10-15-23(22)34-28)16-8-6-7-12-21-13-11-17-32(21,5)41-30(39)35-27(29(36)38)31(2,3)4/h9-10,14-15,19-21,25-27H,6-8,11-13,16-18H2,1-5H3,(H,35,39)/t20-,21+,25+,26-,27+,32+/m0/s1. The normalized spacial score (nSPS) is 31.7. The Balaban J connectivity index is 1.51. The van der Waals surface area contributed by atoms with Crippen molar-refractivity contribution in [2.45, 2.75) is 110 Å². The van der Waals surface area contributed by atoms with Crippen LogP contribution in [0.4, 0.5) is 4.79 Å². The quantitative estimate of drug-likeness (QED) is 0.472. The molecule has 1 saturated heterocycles. The molecule has 2 amide bonds. The van der Waals surface area contributed by atoms with Crippen molar-refractivity contribution < 1.29 is 23.9 Å². The van der Waals surface area contributed by atoms with Gasteiger partial charge in [0, 0.05) is 5.92 Å². The monoisotopic (exact) mass is 564 g/mol. The van der Waals surface area contributed by atoms with E-state index >= 15 is 0 Å². The first-order valence-corrected chi connectivity index (χ1v) is 15.2. The number of nitrogens with zero attached hydrogens (tertiary/aromatic N) is 3. The minimum absolute atomic E-state index is 0.209. The lowest BCUT2D eigenvalue weighted by Crippen LogP contribution is -2.57. The molecule has 0 spiro atoms. The lowest BCUT2D eigenvalue weighted by molar-refractivity contribution is -0.139. The SMILES string of the molecule is C[C@@H]1[C@@H]2CN(C(=O)[C@H](C(C)(C)C)NC(=O)O[C@]3(C)CCC[C@H]3CCCCCc3nc4ccccc4nc3O2)[C@@H]1C=O. The van der Waals surface area contributed by atoms with Crippen LogP contribution in [-0.4, -0.2) is 63.5 Å². The van der Waals surface area contributed by atoms with Crippen LogP contribution in [0.2, 0.25) is 0 Å². The molecule has 9 heteroatoms. The van der Waals surface area contributed by atoms with Crippen molar-refractivity contribution in [1.82, 2.24) is 20.2 Å². The second-order valence-corrected chi connectivity index (χ2v) is 13.4. The number of aryl methyl sites for hydroxylation is 1. The molecule has 0 radical (unpaired) electrons. The molecule has 3 heterocycles. The molecule has 3 aliphatic rings. The Morgan fingerprint density at radius 1 is 1.05 bits per heavy atom. The molecule has 1 aromatic heterocycles. The molecule has 6 atom stereocenters. The number of benzene rings is 1. The summed E-state index contributed by atoms with van der Waals surface area (Å²) in [6.45, 7) is 9.87. The summed E-state index contributed by atoms with van der Waals surface area (Å²) in [5.74, 6) is 0.155.